The summed E-state index contributed by atoms with van der Waals surface area (Å²) in [7, 11) is -3.15. The Morgan fingerprint density at radius 1 is 1.24 bits per heavy atom. The molecule has 158 valence electrons. The number of hydrogen-bond acceptors (Lipinski definition) is 7. The Labute approximate surface area is 169 Å². The number of nitrogens with zero attached hydrogens (tertiary/aromatic N) is 6. The highest BCUT2D eigenvalue weighted by molar-refractivity contribution is 7.88. The van der Waals surface area contributed by atoms with Gasteiger partial charge in [-0.3, -0.25) is 9.48 Å². The van der Waals surface area contributed by atoms with Crippen molar-refractivity contribution < 1.29 is 17.7 Å². The van der Waals surface area contributed by atoms with E-state index in [0.29, 0.717) is 56.3 Å². The number of likely N-dealkylation sites (tertiary alicyclic amines) is 1. The normalized spacial score (nSPS) is 19.5. The molecule has 0 saturated carbocycles. The molecule has 2 saturated heterocycles. The van der Waals surface area contributed by atoms with Gasteiger partial charge in [0.05, 0.1) is 23.9 Å². The summed E-state index contributed by atoms with van der Waals surface area (Å²) in [6.45, 7) is 6.67. The Balaban J connectivity index is 1.34. The number of carbonyl (C=O) groups is 1. The van der Waals surface area contributed by atoms with Crippen LogP contribution in [0.15, 0.2) is 10.7 Å². The van der Waals surface area contributed by atoms with E-state index in [2.05, 4.69) is 15.2 Å². The predicted octanol–water partition coefficient (Wildman–Crippen LogP) is 0.973. The fourth-order valence-corrected chi connectivity index (χ4v) is 4.84. The molecule has 0 unspecified atom stereocenters. The van der Waals surface area contributed by atoms with Crippen molar-refractivity contribution in [1.82, 2.24) is 29.1 Å². The van der Waals surface area contributed by atoms with Gasteiger partial charge < -0.3 is 9.42 Å². The molecule has 0 bridgehead atoms. The van der Waals surface area contributed by atoms with Crippen LogP contribution in [0.4, 0.5) is 0 Å². The van der Waals surface area contributed by atoms with Crippen molar-refractivity contribution in [2.45, 2.75) is 45.1 Å². The number of rotatable bonds is 5. The van der Waals surface area contributed by atoms with Gasteiger partial charge in [-0.15, -0.1) is 0 Å². The molecule has 2 fully saturated rings. The third-order valence-corrected chi connectivity index (χ3v) is 7.20. The van der Waals surface area contributed by atoms with Gasteiger partial charge in [-0.25, -0.2) is 12.7 Å². The van der Waals surface area contributed by atoms with Gasteiger partial charge in [0.2, 0.25) is 15.9 Å². The van der Waals surface area contributed by atoms with Gasteiger partial charge in [-0.1, -0.05) is 5.16 Å². The van der Waals surface area contributed by atoms with Crippen molar-refractivity contribution in [3.8, 4) is 0 Å². The lowest BCUT2D eigenvalue weighted by Crippen LogP contribution is -2.48. The van der Waals surface area contributed by atoms with E-state index in [9.17, 15) is 13.2 Å². The molecule has 1 amide bonds. The maximum Gasteiger partial charge on any atom is 0.257 e. The molecule has 0 aromatic carbocycles. The Bertz CT molecular complexity index is 999. The predicted molar refractivity (Wildman–Crippen MR) is 104 cm³/mol. The quantitative estimate of drug-likeness (QED) is 0.705. The maximum absolute atomic E-state index is 12.7. The number of aryl methyl sites for hydroxylation is 1. The van der Waals surface area contributed by atoms with Gasteiger partial charge in [-0.05, 0) is 26.7 Å². The van der Waals surface area contributed by atoms with Crippen LogP contribution in [0.3, 0.4) is 0 Å². The summed E-state index contributed by atoms with van der Waals surface area (Å²) in [5, 5.41) is 8.35. The van der Waals surface area contributed by atoms with Gasteiger partial charge in [0.1, 0.15) is 0 Å². The molecule has 29 heavy (non-hydrogen) atoms. The highest BCUT2D eigenvalue weighted by Gasteiger charge is 2.38. The number of hydrogen-bond donors (Lipinski definition) is 0. The van der Waals surface area contributed by atoms with Gasteiger partial charge >= 0.3 is 0 Å². The van der Waals surface area contributed by atoms with E-state index in [-0.39, 0.29) is 17.7 Å². The monoisotopic (exact) mass is 422 g/mol. The first-order chi connectivity index (χ1) is 13.8. The van der Waals surface area contributed by atoms with Crippen LogP contribution >= 0.6 is 0 Å². The van der Waals surface area contributed by atoms with Crippen LogP contribution in [-0.2, 0) is 16.6 Å². The summed E-state index contributed by atoms with van der Waals surface area (Å²) < 4.78 is 32.0. The van der Waals surface area contributed by atoms with Crippen LogP contribution in [0.25, 0.3) is 0 Å². The van der Waals surface area contributed by atoms with Gasteiger partial charge in [-0.2, -0.15) is 10.1 Å². The topological polar surface area (TPSA) is 114 Å². The van der Waals surface area contributed by atoms with Crippen LogP contribution in [0.2, 0.25) is 0 Å². The van der Waals surface area contributed by atoms with Crippen LogP contribution in [0, 0.1) is 6.92 Å². The lowest BCUT2D eigenvalue weighted by Gasteiger charge is -2.37. The van der Waals surface area contributed by atoms with Crippen LogP contribution in [-0.4, -0.2) is 75.9 Å². The number of sulfonamides is 1. The summed E-state index contributed by atoms with van der Waals surface area (Å²) >= 11 is 0. The molecule has 0 N–H and O–H groups in total. The van der Waals surface area contributed by atoms with E-state index < -0.39 is 10.0 Å². The third kappa shape index (κ3) is 3.80. The molecule has 10 nitrogen and oxygen atoms in total. The molecule has 0 spiro atoms. The zero-order chi connectivity index (χ0) is 20.8. The molecule has 2 aliphatic heterocycles. The first-order valence-corrected chi connectivity index (χ1v) is 11.7. The molecule has 11 heteroatoms. The van der Waals surface area contributed by atoms with Crippen molar-refractivity contribution in [3.63, 3.8) is 0 Å². The summed E-state index contributed by atoms with van der Waals surface area (Å²) in [6, 6.07) is 0. The van der Waals surface area contributed by atoms with Gasteiger partial charge in [0, 0.05) is 44.3 Å². The van der Waals surface area contributed by atoms with E-state index in [1.165, 1.54) is 10.6 Å². The van der Waals surface area contributed by atoms with E-state index >= 15 is 0 Å². The molecule has 0 aliphatic carbocycles. The first kappa shape index (κ1) is 20.0. The molecule has 0 radical (unpaired) electrons. The van der Waals surface area contributed by atoms with Crippen molar-refractivity contribution in [1.29, 1.82) is 0 Å². The Morgan fingerprint density at radius 3 is 2.52 bits per heavy atom. The zero-order valence-electron chi connectivity index (χ0n) is 16.9. The molecule has 4 heterocycles. The summed E-state index contributed by atoms with van der Waals surface area (Å²) in [5.41, 5.74) is 1.51. The van der Waals surface area contributed by atoms with E-state index in [1.54, 1.807) is 11.1 Å². The minimum atomic E-state index is -3.15. The van der Waals surface area contributed by atoms with E-state index in [4.69, 9.17) is 4.52 Å². The lowest BCUT2D eigenvalue weighted by atomic mass is 9.96. The number of piperidine rings is 1. The molecule has 0 atom stereocenters. The van der Waals surface area contributed by atoms with Crippen molar-refractivity contribution in [3.05, 3.63) is 29.2 Å². The van der Waals surface area contributed by atoms with Crippen molar-refractivity contribution >= 4 is 15.9 Å². The molecule has 4 rings (SSSR count). The molecule has 2 aromatic rings. The SMILES string of the molecule is CCn1ncc(C(=O)N2CC(c3nc(C4CCN(S(C)(=O)=O)CC4)no3)C2)c1C. The summed E-state index contributed by atoms with van der Waals surface area (Å²) in [6.07, 6.45) is 4.23. The Kier molecular flexibility index (Phi) is 5.19. The van der Waals surface area contributed by atoms with Gasteiger partial charge in [0.25, 0.3) is 5.91 Å². The van der Waals surface area contributed by atoms with Crippen LogP contribution in [0.1, 0.15) is 59.4 Å². The van der Waals surface area contributed by atoms with E-state index in [1.807, 2.05) is 18.5 Å². The minimum absolute atomic E-state index is 0.0219. The maximum atomic E-state index is 12.7. The average Bonchev–Trinajstić information content (AvgIpc) is 3.26. The smallest absolute Gasteiger partial charge is 0.257 e. The summed E-state index contributed by atoms with van der Waals surface area (Å²) in [5.74, 6) is 1.31. The highest BCUT2D eigenvalue weighted by Crippen LogP contribution is 2.31. The second-order valence-electron chi connectivity index (χ2n) is 7.79. The Hall–Kier alpha value is -2.27. The van der Waals surface area contributed by atoms with Crippen molar-refractivity contribution in [2.75, 3.05) is 32.4 Å². The number of amides is 1. The van der Waals surface area contributed by atoms with E-state index in [0.717, 1.165) is 12.2 Å². The average molecular weight is 423 g/mol. The fourth-order valence-electron chi connectivity index (χ4n) is 3.97. The molecule has 2 aliphatic rings. The zero-order valence-corrected chi connectivity index (χ0v) is 17.7. The fraction of sp³-hybridized carbons (Fsp3) is 0.667. The molecular weight excluding hydrogens is 396 g/mol. The summed E-state index contributed by atoms with van der Waals surface area (Å²) in [4.78, 5) is 19.0. The third-order valence-electron chi connectivity index (χ3n) is 5.90. The highest BCUT2D eigenvalue weighted by atomic mass is 32.2. The van der Waals surface area contributed by atoms with Gasteiger partial charge in [0.15, 0.2) is 5.82 Å². The van der Waals surface area contributed by atoms with Crippen LogP contribution < -0.4 is 0 Å². The standard InChI is InChI=1S/C18H26N6O4S/c1-4-24-12(2)15(9-19-24)18(25)22-10-14(11-22)17-20-16(21-28-17)13-5-7-23(8-6-13)29(3,26)27/h9,13-14H,4-8,10-11H2,1-3H3. The minimum Gasteiger partial charge on any atom is -0.339 e. The second kappa shape index (κ2) is 7.52. The first-order valence-electron chi connectivity index (χ1n) is 9.88. The molecular formula is C18H26N6O4S. The van der Waals surface area contributed by atoms with Crippen molar-refractivity contribution in [2.24, 2.45) is 0 Å². The van der Waals surface area contributed by atoms with Crippen LogP contribution in [0.5, 0.6) is 0 Å². The largest absolute Gasteiger partial charge is 0.339 e. The molecule has 2 aromatic heterocycles. The second-order valence-corrected chi connectivity index (χ2v) is 9.78. The Morgan fingerprint density at radius 2 is 1.93 bits per heavy atom. The number of aromatic nitrogens is 4. The lowest BCUT2D eigenvalue weighted by molar-refractivity contribution is 0.0568. The number of carbonyl (C=O) groups excluding carboxylic acids is 1.